The van der Waals surface area contributed by atoms with Crippen molar-refractivity contribution in [2.45, 2.75) is 23.9 Å². The smallest absolute Gasteiger partial charge is 0.352 e. The Morgan fingerprint density at radius 2 is 1.90 bits per heavy atom. The lowest BCUT2D eigenvalue weighted by atomic mass is 10.2. The zero-order chi connectivity index (χ0) is 16.3. The number of carbonyl (C=O) groups excluding carboxylic acids is 1. The molecule has 1 aromatic rings. The number of amides is 1. The minimum Gasteiger partial charge on any atom is -0.352 e. The van der Waals surface area contributed by atoms with Crippen molar-refractivity contribution < 1.29 is 26.4 Å². The van der Waals surface area contributed by atoms with E-state index in [0.717, 1.165) is 12.1 Å². The van der Waals surface area contributed by atoms with Crippen LogP contribution < -0.4 is 5.32 Å². The Hall–Kier alpha value is -0.990. The molecule has 0 bridgehead atoms. The average Bonchev–Trinajstić information content (AvgIpc) is 2.32. The van der Waals surface area contributed by atoms with Gasteiger partial charge in [-0.2, -0.15) is 13.2 Å². The molecule has 1 rings (SSSR count). The topological polar surface area (TPSA) is 63.2 Å². The summed E-state index contributed by atoms with van der Waals surface area (Å²) in [5, 5.41) is 2.19. The van der Waals surface area contributed by atoms with Crippen LogP contribution in [0.1, 0.15) is 23.2 Å². The summed E-state index contributed by atoms with van der Waals surface area (Å²) in [6.45, 7) is -0.216. The van der Waals surface area contributed by atoms with E-state index in [-0.39, 0.29) is 28.4 Å². The van der Waals surface area contributed by atoms with Crippen molar-refractivity contribution in [3.05, 3.63) is 28.8 Å². The Morgan fingerprint density at radius 3 is 2.43 bits per heavy atom. The third kappa shape index (κ3) is 6.11. The van der Waals surface area contributed by atoms with Gasteiger partial charge in [-0.25, -0.2) is 8.42 Å². The summed E-state index contributed by atoms with van der Waals surface area (Å²) in [6.07, 6.45) is -5.62. The second-order valence-electron chi connectivity index (χ2n) is 4.05. The monoisotopic (exact) mass is 363 g/mol. The number of nitrogens with one attached hydrogen (secondary N) is 1. The van der Waals surface area contributed by atoms with Gasteiger partial charge in [-0.15, -0.1) is 0 Å². The molecule has 0 saturated heterocycles. The fourth-order valence-electron chi connectivity index (χ4n) is 1.42. The highest BCUT2D eigenvalue weighted by molar-refractivity contribution is 8.13. The summed E-state index contributed by atoms with van der Waals surface area (Å²) in [7, 11) is 1.10. The van der Waals surface area contributed by atoms with E-state index in [0.29, 0.717) is 0 Å². The molecule has 4 nitrogen and oxygen atoms in total. The van der Waals surface area contributed by atoms with Crippen LogP contribution in [0.5, 0.6) is 0 Å². The van der Waals surface area contributed by atoms with Crippen molar-refractivity contribution >= 4 is 37.2 Å². The summed E-state index contributed by atoms with van der Waals surface area (Å²) in [4.78, 5) is 11.4. The number of carbonyl (C=O) groups is 1. The van der Waals surface area contributed by atoms with Gasteiger partial charge < -0.3 is 5.32 Å². The van der Waals surface area contributed by atoms with Crippen LogP contribution in [0.3, 0.4) is 0 Å². The number of hydrogen-bond donors (Lipinski definition) is 1. The largest absolute Gasteiger partial charge is 0.389 e. The minimum absolute atomic E-state index is 0.0348. The van der Waals surface area contributed by atoms with Gasteiger partial charge in [-0.05, 0) is 24.6 Å². The molecule has 0 aliphatic rings. The van der Waals surface area contributed by atoms with Crippen molar-refractivity contribution in [2.75, 3.05) is 6.54 Å². The van der Waals surface area contributed by atoms with Crippen LogP contribution in [0.15, 0.2) is 23.1 Å². The molecule has 0 unspecified atom stereocenters. The molecule has 0 atom stereocenters. The maximum Gasteiger partial charge on any atom is 0.389 e. The van der Waals surface area contributed by atoms with Crippen LogP contribution >= 0.6 is 22.3 Å². The molecular formula is C11H10Cl2F3NO3S. The molecule has 1 N–H and O–H groups in total. The Labute approximate surface area is 128 Å². The first kappa shape index (κ1) is 18.1. The lowest BCUT2D eigenvalue weighted by molar-refractivity contribution is -0.135. The Kier molecular flexibility index (Phi) is 5.89. The maximum absolute atomic E-state index is 11.9. The van der Waals surface area contributed by atoms with Crippen molar-refractivity contribution in [3.8, 4) is 0 Å². The van der Waals surface area contributed by atoms with Crippen molar-refractivity contribution in [1.82, 2.24) is 5.32 Å². The standard InChI is InChI=1S/C11H10Cl2F3NO3S/c12-9-3-2-7(21(13,19)20)6-8(9)10(18)17-5-1-4-11(14,15)16/h2-3,6H,1,4-5H2,(H,17,18). The quantitative estimate of drug-likeness (QED) is 0.644. The van der Waals surface area contributed by atoms with E-state index in [2.05, 4.69) is 5.32 Å². The molecular weight excluding hydrogens is 354 g/mol. The van der Waals surface area contributed by atoms with E-state index in [1.807, 2.05) is 0 Å². The SMILES string of the molecule is O=C(NCCCC(F)(F)F)c1cc(S(=O)(=O)Cl)ccc1Cl. The third-order valence-electron chi connectivity index (χ3n) is 2.39. The zero-order valence-corrected chi connectivity index (χ0v) is 12.7. The van der Waals surface area contributed by atoms with E-state index < -0.39 is 27.6 Å². The average molecular weight is 364 g/mol. The summed E-state index contributed by atoms with van der Waals surface area (Å²) < 4.78 is 58.1. The second kappa shape index (κ2) is 6.85. The molecule has 1 aromatic carbocycles. The number of benzene rings is 1. The predicted molar refractivity (Wildman–Crippen MR) is 72.1 cm³/mol. The number of rotatable bonds is 5. The van der Waals surface area contributed by atoms with Crippen LogP contribution in [0.25, 0.3) is 0 Å². The van der Waals surface area contributed by atoms with Crippen molar-refractivity contribution in [1.29, 1.82) is 0 Å². The molecule has 21 heavy (non-hydrogen) atoms. The van der Waals surface area contributed by atoms with E-state index in [1.165, 1.54) is 6.07 Å². The lowest BCUT2D eigenvalue weighted by Crippen LogP contribution is -2.26. The fourth-order valence-corrected chi connectivity index (χ4v) is 2.40. The number of halogens is 5. The molecule has 0 saturated carbocycles. The summed E-state index contributed by atoms with van der Waals surface area (Å²) in [5.74, 6) is -0.774. The van der Waals surface area contributed by atoms with Crippen LogP contribution in [0.4, 0.5) is 13.2 Å². The molecule has 0 spiro atoms. The summed E-state index contributed by atoms with van der Waals surface area (Å²) in [5.41, 5.74) is -0.176. The van der Waals surface area contributed by atoms with E-state index in [1.54, 1.807) is 0 Å². The molecule has 0 aromatic heterocycles. The van der Waals surface area contributed by atoms with Gasteiger partial charge in [0.2, 0.25) is 0 Å². The molecule has 0 fully saturated rings. The molecule has 1 amide bonds. The highest BCUT2D eigenvalue weighted by atomic mass is 35.7. The molecule has 0 aliphatic heterocycles. The summed E-state index contributed by atoms with van der Waals surface area (Å²) >= 11 is 5.75. The first-order valence-electron chi connectivity index (χ1n) is 5.60. The molecule has 0 radical (unpaired) electrons. The van der Waals surface area contributed by atoms with Gasteiger partial charge in [0, 0.05) is 23.6 Å². The third-order valence-corrected chi connectivity index (χ3v) is 4.07. The Bertz CT molecular complexity index is 632. The van der Waals surface area contributed by atoms with Gasteiger partial charge in [-0.1, -0.05) is 11.6 Å². The van der Waals surface area contributed by atoms with Gasteiger partial charge >= 0.3 is 6.18 Å². The van der Waals surface area contributed by atoms with Crippen LogP contribution in [0.2, 0.25) is 5.02 Å². The molecule has 118 valence electrons. The number of hydrogen-bond acceptors (Lipinski definition) is 3. The minimum atomic E-state index is -4.30. The van der Waals surface area contributed by atoms with Crippen molar-refractivity contribution in [3.63, 3.8) is 0 Å². The van der Waals surface area contributed by atoms with Gasteiger partial charge in [-0.3, -0.25) is 4.79 Å². The van der Waals surface area contributed by atoms with E-state index in [9.17, 15) is 26.4 Å². The normalized spacial score (nSPS) is 12.2. The van der Waals surface area contributed by atoms with E-state index >= 15 is 0 Å². The maximum atomic E-state index is 11.9. The Balaban J connectivity index is 2.74. The lowest BCUT2D eigenvalue weighted by Gasteiger charge is -2.09. The van der Waals surface area contributed by atoms with Gasteiger partial charge in [0.1, 0.15) is 0 Å². The zero-order valence-electron chi connectivity index (χ0n) is 10.4. The van der Waals surface area contributed by atoms with Gasteiger partial charge in [0.15, 0.2) is 0 Å². The first-order valence-corrected chi connectivity index (χ1v) is 8.28. The van der Waals surface area contributed by atoms with Gasteiger partial charge in [0.25, 0.3) is 15.0 Å². The Morgan fingerprint density at radius 1 is 1.29 bits per heavy atom. The van der Waals surface area contributed by atoms with E-state index in [4.69, 9.17) is 22.3 Å². The molecule has 0 heterocycles. The number of alkyl halides is 3. The first-order chi connectivity index (χ1) is 9.50. The second-order valence-corrected chi connectivity index (χ2v) is 7.03. The fraction of sp³-hybridized carbons (Fsp3) is 0.364. The van der Waals surface area contributed by atoms with Gasteiger partial charge in [0.05, 0.1) is 15.5 Å². The van der Waals surface area contributed by atoms with Crippen molar-refractivity contribution in [2.24, 2.45) is 0 Å². The highest BCUT2D eigenvalue weighted by Gasteiger charge is 2.26. The van der Waals surface area contributed by atoms with Crippen LogP contribution in [-0.4, -0.2) is 27.0 Å². The van der Waals surface area contributed by atoms with Crippen LogP contribution in [0, 0.1) is 0 Å². The van der Waals surface area contributed by atoms with Crippen LogP contribution in [-0.2, 0) is 9.05 Å². The molecule has 0 aliphatic carbocycles. The highest BCUT2D eigenvalue weighted by Crippen LogP contribution is 2.23. The predicted octanol–water partition coefficient (Wildman–Crippen LogP) is 3.34. The summed E-state index contributed by atoms with van der Waals surface area (Å²) in [6, 6.07) is 3.25. The molecule has 10 heteroatoms.